The SMILES string of the molecule is CC(C)(C)c1ncc(NCc2cn(C3CCC3)nn2)cn1. The van der Waals surface area contributed by atoms with Crippen LogP contribution >= 0.6 is 0 Å². The van der Waals surface area contributed by atoms with Crippen molar-refractivity contribution >= 4 is 5.69 Å². The molecule has 1 fully saturated rings. The Bertz CT molecular complexity index is 591. The predicted molar refractivity (Wildman–Crippen MR) is 81.0 cm³/mol. The smallest absolute Gasteiger partial charge is 0.133 e. The number of hydrogen-bond acceptors (Lipinski definition) is 5. The van der Waals surface area contributed by atoms with E-state index in [1.807, 2.05) is 23.3 Å². The molecule has 0 atom stereocenters. The Kier molecular flexibility index (Phi) is 3.61. The summed E-state index contributed by atoms with van der Waals surface area (Å²) in [5, 5.41) is 11.7. The maximum Gasteiger partial charge on any atom is 0.133 e. The van der Waals surface area contributed by atoms with Crippen molar-refractivity contribution in [3.05, 3.63) is 30.1 Å². The van der Waals surface area contributed by atoms with Crippen LogP contribution < -0.4 is 5.32 Å². The summed E-state index contributed by atoms with van der Waals surface area (Å²) in [6, 6.07) is 0.556. The molecule has 0 unspecified atom stereocenters. The number of nitrogens with zero attached hydrogens (tertiary/aromatic N) is 5. The van der Waals surface area contributed by atoms with Gasteiger partial charge in [-0.15, -0.1) is 5.10 Å². The maximum atomic E-state index is 4.40. The molecule has 112 valence electrons. The second-order valence-corrected chi connectivity index (χ2v) is 6.67. The molecule has 0 amide bonds. The molecule has 2 heterocycles. The summed E-state index contributed by atoms with van der Waals surface area (Å²) < 4.78 is 1.99. The van der Waals surface area contributed by atoms with Gasteiger partial charge in [0, 0.05) is 5.41 Å². The van der Waals surface area contributed by atoms with E-state index in [2.05, 4.69) is 46.4 Å². The first-order chi connectivity index (χ1) is 10.0. The summed E-state index contributed by atoms with van der Waals surface area (Å²) in [4.78, 5) is 8.81. The summed E-state index contributed by atoms with van der Waals surface area (Å²) in [6.07, 6.45) is 9.42. The van der Waals surface area contributed by atoms with Gasteiger partial charge in [0.2, 0.25) is 0 Å². The van der Waals surface area contributed by atoms with Crippen molar-refractivity contribution in [1.82, 2.24) is 25.0 Å². The summed E-state index contributed by atoms with van der Waals surface area (Å²) in [7, 11) is 0. The quantitative estimate of drug-likeness (QED) is 0.936. The van der Waals surface area contributed by atoms with Crippen LogP contribution in [0.1, 0.15) is 57.6 Å². The molecule has 21 heavy (non-hydrogen) atoms. The fourth-order valence-corrected chi connectivity index (χ4v) is 2.22. The third kappa shape index (κ3) is 3.20. The third-order valence-electron chi connectivity index (χ3n) is 3.80. The monoisotopic (exact) mass is 286 g/mol. The zero-order valence-corrected chi connectivity index (χ0v) is 12.9. The van der Waals surface area contributed by atoms with Crippen LogP contribution in [0.5, 0.6) is 0 Å². The van der Waals surface area contributed by atoms with E-state index < -0.39 is 0 Å². The lowest BCUT2D eigenvalue weighted by atomic mass is 9.93. The van der Waals surface area contributed by atoms with E-state index >= 15 is 0 Å². The standard InChI is InChI=1S/C15H22N6/c1-15(2,3)14-17-7-11(8-18-14)16-9-12-10-21(20-19-12)13-5-4-6-13/h7-8,10,13,16H,4-6,9H2,1-3H3. The van der Waals surface area contributed by atoms with Gasteiger partial charge in [-0.05, 0) is 19.3 Å². The first-order valence-electron chi connectivity index (χ1n) is 7.49. The molecule has 0 spiro atoms. The molecule has 2 aromatic rings. The van der Waals surface area contributed by atoms with Gasteiger partial charge in [0.15, 0.2) is 0 Å². The number of rotatable bonds is 4. The summed E-state index contributed by atoms with van der Waals surface area (Å²) in [5.41, 5.74) is 1.83. The predicted octanol–water partition coefficient (Wildman–Crippen LogP) is 2.70. The first-order valence-corrected chi connectivity index (χ1v) is 7.49. The van der Waals surface area contributed by atoms with Gasteiger partial charge in [0.25, 0.3) is 0 Å². The topological polar surface area (TPSA) is 68.5 Å². The van der Waals surface area contributed by atoms with Crippen LogP contribution in [0.15, 0.2) is 18.6 Å². The Morgan fingerprint density at radius 2 is 1.95 bits per heavy atom. The fourth-order valence-electron chi connectivity index (χ4n) is 2.22. The van der Waals surface area contributed by atoms with E-state index in [0.717, 1.165) is 17.2 Å². The maximum absolute atomic E-state index is 4.40. The van der Waals surface area contributed by atoms with Gasteiger partial charge in [0.1, 0.15) is 11.5 Å². The summed E-state index contributed by atoms with van der Waals surface area (Å²) in [5.74, 6) is 0.851. The first kappa shape index (κ1) is 14.0. The fraction of sp³-hybridized carbons (Fsp3) is 0.600. The number of nitrogens with one attached hydrogen (secondary N) is 1. The lowest BCUT2D eigenvalue weighted by molar-refractivity contribution is 0.284. The van der Waals surface area contributed by atoms with Gasteiger partial charge in [-0.2, -0.15) is 0 Å². The molecular weight excluding hydrogens is 264 g/mol. The number of hydrogen-bond donors (Lipinski definition) is 1. The van der Waals surface area contributed by atoms with E-state index in [0.29, 0.717) is 12.6 Å². The molecule has 2 aromatic heterocycles. The highest BCUT2D eigenvalue weighted by atomic mass is 15.4. The summed E-state index contributed by atoms with van der Waals surface area (Å²) in [6.45, 7) is 6.96. The molecule has 0 saturated heterocycles. The minimum absolute atomic E-state index is 0.0238. The van der Waals surface area contributed by atoms with Gasteiger partial charge < -0.3 is 5.32 Å². The molecule has 1 aliphatic carbocycles. The van der Waals surface area contributed by atoms with E-state index in [4.69, 9.17) is 0 Å². The lowest BCUT2D eigenvalue weighted by Crippen LogP contribution is -2.17. The minimum Gasteiger partial charge on any atom is -0.377 e. The van der Waals surface area contributed by atoms with Crippen molar-refractivity contribution in [3.8, 4) is 0 Å². The third-order valence-corrected chi connectivity index (χ3v) is 3.80. The Balaban J connectivity index is 1.58. The van der Waals surface area contributed by atoms with Crippen molar-refractivity contribution in [3.63, 3.8) is 0 Å². The molecule has 3 rings (SSSR count). The Labute approximate surface area is 125 Å². The Morgan fingerprint density at radius 3 is 2.52 bits per heavy atom. The van der Waals surface area contributed by atoms with E-state index in [1.165, 1.54) is 19.3 Å². The summed E-state index contributed by atoms with van der Waals surface area (Å²) >= 11 is 0. The average Bonchev–Trinajstić information content (AvgIpc) is 2.82. The van der Waals surface area contributed by atoms with E-state index in [9.17, 15) is 0 Å². The van der Waals surface area contributed by atoms with Gasteiger partial charge >= 0.3 is 0 Å². The zero-order chi connectivity index (χ0) is 14.9. The van der Waals surface area contributed by atoms with Crippen molar-refractivity contribution in [2.75, 3.05) is 5.32 Å². The van der Waals surface area contributed by atoms with Crippen LogP contribution in [0.2, 0.25) is 0 Å². The van der Waals surface area contributed by atoms with Gasteiger partial charge in [-0.3, -0.25) is 0 Å². The largest absolute Gasteiger partial charge is 0.377 e. The molecule has 0 aromatic carbocycles. The van der Waals surface area contributed by atoms with Crippen LogP contribution in [0.25, 0.3) is 0 Å². The Hall–Kier alpha value is -1.98. The molecule has 6 nitrogen and oxygen atoms in total. The van der Waals surface area contributed by atoms with E-state index in [-0.39, 0.29) is 5.41 Å². The minimum atomic E-state index is -0.0238. The highest BCUT2D eigenvalue weighted by Crippen LogP contribution is 2.30. The normalized spacial score (nSPS) is 15.8. The Morgan fingerprint density at radius 1 is 1.24 bits per heavy atom. The lowest BCUT2D eigenvalue weighted by Gasteiger charge is -2.24. The molecule has 0 bridgehead atoms. The average molecular weight is 286 g/mol. The molecule has 1 N–H and O–H groups in total. The van der Waals surface area contributed by atoms with Crippen molar-refractivity contribution < 1.29 is 0 Å². The van der Waals surface area contributed by atoms with E-state index in [1.54, 1.807) is 0 Å². The van der Waals surface area contributed by atoms with Gasteiger partial charge in [0.05, 0.1) is 36.9 Å². The number of aromatic nitrogens is 5. The molecular formula is C15H22N6. The second kappa shape index (κ2) is 5.42. The van der Waals surface area contributed by atoms with Crippen molar-refractivity contribution in [2.24, 2.45) is 0 Å². The molecule has 1 saturated carbocycles. The van der Waals surface area contributed by atoms with Crippen LogP contribution in [0, 0.1) is 0 Å². The van der Waals surface area contributed by atoms with Crippen molar-refractivity contribution in [2.45, 2.75) is 58.0 Å². The van der Waals surface area contributed by atoms with Crippen LogP contribution in [-0.2, 0) is 12.0 Å². The molecule has 6 heteroatoms. The van der Waals surface area contributed by atoms with Crippen LogP contribution in [0.3, 0.4) is 0 Å². The molecule has 0 aliphatic heterocycles. The highest BCUT2D eigenvalue weighted by Gasteiger charge is 2.20. The zero-order valence-electron chi connectivity index (χ0n) is 12.9. The molecule has 0 radical (unpaired) electrons. The van der Waals surface area contributed by atoms with Crippen LogP contribution in [-0.4, -0.2) is 25.0 Å². The molecule has 1 aliphatic rings. The van der Waals surface area contributed by atoms with Crippen molar-refractivity contribution in [1.29, 1.82) is 0 Å². The van der Waals surface area contributed by atoms with Gasteiger partial charge in [-0.25, -0.2) is 14.6 Å². The number of anilines is 1. The van der Waals surface area contributed by atoms with Crippen LogP contribution in [0.4, 0.5) is 5.69 Å². The highest BCUT2D eigenvalue weighted by molar-refractivity contribution is 5.38. The second-order valence-electron chi connectivity index (χ2n) is 6.67. The van der Waals surface area contributed by atoms with Gasteiger partial charge in [-0.1, -0.05) is 26.0 Å².